The van der Waals surface area contributed by atoms with E-state index >= 15 is 0 Å². The van der Waals surface area contributed by atoms with Crippen molar-refractivity contribution in [2.75, 3.05) is 13.2 Å². The van der Waals surface area contributed by atoms with Crippen molar-refractivity contribution in [3.63, 3.8) is 0 Å². The molecule has 0 radical (unpaired) electrons. The Morgan fingerprint density at radius 2 is 2.00 bits per heavy atom. The molecular weight excluding hydrogens is 188 g/mol. The number of aldehydes is 1. The summed E-state index contributed by atoms with van der Waals surface area (Å²) < 4.78 is 5.32. The second kappa shape index (κ2) is 5.08. The summed E-state index contributed by atoms with van der Waals surface area (Å²) in [6.07, 6.45) is 4.20. The van der Waals surface area contributed by atoms with Crippen LogP contribution in [0, 0.1) is 5.92 Å². The quantitative estimate of drug-likeness (QED) is 0.707. The van der Waals surface area contributed by atoms with Crippen LogP contribution in [0.15, 0.2) is 24.3 Å². The van der Waals surface area contributed by atoms with Crippen LogP contribution in [0.1, 0.15) is 28.8 Å². The van der Waals surface area contributed by atoms with Gasteiger partial charge in [-0.15, -0.1) is 0 Å². The number of benzene rings is 1. The molecule has 0 aromatic heterocycles. The molecule has 1 aliphatic rings. The van der Waals surface area contributed by atoms with E-state index in [1.807, 2.05) is 18.2 Å². The molecule has 2 nitrogen and oxygen atoms in total. The van der Waals surface area contributed by atoms with E-state index in [4.69, 9.17) is 4.74 Å². The minimum atomic E-state index is 0.680. The number of hydrogen-bond acceptors (Lipinski definition) is 2. The molecule has 1 heterocycles. The van der Waals surface area contributed by atoms with Crippen LogP contribution in [0.2, 0.25) is 0 Å². The summed E-state index contributed by atoms with van der Waals surface area (Å²) >= 11 is 0. The van der Waals surface area contributed by atoms with Crippen molar-refractivity contribution in [3.8, 4) is 0 Å². The molecule has 2 rings (SSSR count). The molecule has 0 aliphatic carbocycles. The standard InChI is InChI=1S/C13H16O2/c14-10-13-4-2-1-3-12(13)9-11-5-7-15-8-6-11/h1-4,10-11H,5-9H2. The Labute approximate surface area is 90.3 Å². The van der Waals surface area contributed by atoms with Gasteiger partial charge in [-0.3, -0.25) is 4.79 Å². The fraction of sp³-hybridized carbons (Fsp3) is 0.462. The van der Waals surface area contributed by atoms with Gasteiger partial charge >= 0.3 is 0 Å². The third-order valence-electron chi connectivity index (χ3n) is 3.03. The van der Waals surface area contributed by atoms with Crippen LogP contribution in [0.5, 0.6) is 0 Å². The van der Waals surface area contributed by atoms with Crippen molar-refractivity contribution >= 4 is 6.29 Å². The third kappa shape index (κ3) is 2.66. The lowest BCUT2D eigenvalue weighted by atomic mass is 9.90. The van der Waals surface area contributed by atoms with Gasteiger partial charge in [0.25, 0.3) is 0 Å². The highest BCUT2D eigenvalue weighted by atomic mass is 16.5. The highest BCUT2D eigenvalue weighted by Crippen LogP contribution is 2.21. The van der Waals surface area contributed by atoms with Crippen LogP contribution in [0.3, 0.4) is 0 Å². The molecule has 1 fully saturated rings. The summed E-state index contributed by atoms with van der Waals surface area (Å²) in [5.41, 5.74) is 2.02. The summed E-state index contributed by atoms with van der Waals surface area (Å²) in [5, 5.41) is 0. The van der Waals surface area contributed by atoms with Gasteiger partial charge in [-0.1, -0.05) is 24.3 Å². The van der Waals surface area contributed by atoms with E-state index in [-0.39, 0.29) is 0 Å². The van der Waals surface area contributed by atoms with Crippen molar-refractivity contribution in [1.29, 1.82) is 0 Å². The second-order valence-corrected chi connectivity index (χ2v) is 4.08. The van der Waals surface area contributed by atoms with Crippen molar-refractivity contribution in [2.45, 2.75) is 19.3 Å². The number of carbonyl (C=O) groups is 1. The molecule has 1 aromatic carbocycles. The van der Waals surface area contributed by atoms with Crippen molar-refractivity contribution in [2.24, 2.45) is 5.92 Å². The normalized spacial score (nSPS) is 17.6. The van der Waals surface area contributed by atoms with Gasteiger partial charge in [0.05, 0.1) is 0 Å². The Balaban J connectivity index is 2.05. The summed E-state index contributed by atoms with van der Waals surface area (Å²) in [5.74, 6) is 0.680. The topological polar surface area (TPSA) is 26.3 Å². The average Bonchev–Trinajstić information content (AvgIpc) is 2.31. The van der Waals surface area contributed by atoms with E-state index in [1.54, 1.807) is 0 Å². The molecule has 0 saturated carbocycles. The maximum atomic E-state index is 10.8. The minimum absolute atomic E-state index is 0.680. The monoisotopic (exact) mass is 204 g/mol. The lowest BCUT2D eigenvalue weighted by Gasteiger charge is -2.22. The first-order valence-electron chi connectivity index (χ1n) is 5.51. The fourth-order valence-corrected chi connectivity index (χ4v) is 2.10. The zero-order valence-corrected chi connectivity index (χ0v) is 8.82. The molecule has 0 spiro atoms. The predicted molar refractivity (Wildman–Crippen MR) is 59.1 cm³/mol. The Kier molecular flexibility index (Phi) is 3.51. The Morgan fingerprint density at radius 3 is 2.73 bits per heavy atom. The largest absolute Gasteiger partial charge is 0.381 e. The minimum Gasteiger partial charge on any atom is -0.381 e. The van der Waals surface area contributed by atoms with Gasteiger partial charge in [0, 0.05) is 18.8 Å². The maximum absolute atomic E-state index is 10.8. The van der Waals surface area contributed by atoms with Crippen LogP contribution >= 0.6 is 0 Å². The van der Waals surface area contributed by atoms with Crippen molar-refractivity contribution < 1.29 is 9.53 Å². The van der Waals surface area contributed by atoms with E-state index < -0.39 is 0 Å². The fourth-order valence-electron chi connectivity index (χ4n) is 2.10. The van der Waals surface area contributed by atoms with Gasteiger partial charge in [-0.05, 0) is 30.7 Å². The van der Waals surface area contributed by atoms with Crippen LogP contribution in [-0.4, -0.2) is 19.5 Å². The molecule has 1 saturated heterocycles. The highest BCUT2D eigenvalue weighted by Gasteiger charge is 2.15. The summed E-state index contributed by atoms with van der Waals surface area (Å²) in [6, 6.07) is 7.86. The SMILES string of the molecule is O=Cc1ccccc1CC1CCOCC1. The van der Waals surface area contributed by atoms with Gasteiger partial charge < -0.3 is 4.74 Å². The van der Waals surface area contributed by atoms with Crippen LogP contribution < -0.4 is 0 Å². The second-order valence-electron chi connectivity index (χ2n) is 4.08. The van der Waals surface area contributed by atoms with E-state index in [1.165, 1.54) is 5.56 Å². The Morgan fingerprint density at radius 1 is 1.27 bits per heavy atom. The first kappa shape index (κ1) is 10.4. The van der Waals surface area contributed by atoms with Gasteiger partial charge in [0.1, 0.15) is 6.29 Å². The molecule has 2 heteroatoms. The van der Waals surface area contributed by atoms with Crippen molar-refractivity contribution in [3.05, 3.63) is 35.4 Å². The molecule has 80 valence electrons. The van der Waals surface area contributed by atoms with Gasteiger partial charge in [-0.25, -0.2) is 0 Å². The maximum Gasteiger partial charge on any atom is 0.150 e. The summed E-state index contributed by atoms with van der Waals surface area (Å²) in [7, 11) is 0. The third-order valence-corrected chi connectivity index (χ3v) is 3.03. The van der Waals surface area contributed by atoms with E-state index in [2.05, 4.69) is 6.07 Å². The number of ether oxygens (including phenoxy) is 1. The predicted octanol–water partition coefficient (Wildman–Crippen LogP) is 2.47. The molecule has 0 unspecified atom stereocenters. The molecule has 15 heavy (non-hydrogen) atoms. The van der Waals surface area contributed by atoms with Crippen LogP contribution in [0.25, 0.3) is 0 Å². The number of rotatable bonds is 3. The van der Waals surface area contributed by atoms with Gasteiger partial charge in [0.15, 0.2) is 0 Å². The molecule has 1 aromatic rings. The van der Waals surface area contributed by atoms with E-state index in [0.29, 0.717) is 5.92 Å². The van der Waals surface area contributed by atoms with Crippen molar-refractivity contribution in [1.82, 2.24) is 0 Å². The average molecular weight is 204 g/mol. The molecule has 0 N–H and O–H groups in total. The molecule has 0 bridgehead atoms. The zero-order chi connectivity index (χ0) is 10.5. The van der Waals surface area contributed by atoms with E-state index in [0.717, 1.165) is 44.3 Å². The Bertz CT molecular complexity index is 327. The highest BCUT2D eigenvalue weighted by molar-refractivity contribution is 5.77. The number of carbonyl (C=O) groups excluding carboxylic acids is 1. The van der Waals surface area contributed by atoms with Crippen LogP contribution in [-0.2, 0) is 11.2 Å². The smallest absolute Gasteiger partial charge is 0.150 e. The zero-order valence-electron chi connectivity index (χ0n) is 8.82. The molecular formula is C13H16O2. The lowest BCUT2D eigenvalue weighted by Crippen LogP contribution is -2.18. The first-order valence-corrected chi connectivity index (χ1v) is 5.51. The van der Waals surface area contributed by atoms with Gasteiger partial charge in [-0.2, -0.15) is 0 Å². The Hall–Kier alpha value is -1.15. The van der Waals surface area contributed by atoms with E-state index in [9.17, 15) is 4.79 Å². The van der Waals surface area contributed by atoms with Gasteiger partial charge in [0.2, 0.25) is 0 Å². The van der Waals surface area contributed by atoms with Crippen LogP contribution in [0.4, 0.5) is 0 Å². The molecule has 0 amide bonds. The summed E-state index contributed by atoms with van der Waals surface area (Å²) in [6.45, 7) is 1.74. The number of hydrogen-bond donors (Lipinski definition) is 0. The molecule has 1 aliphatic heterocycles. The first-order chi connectivity index (χ1) is 7.40. The lowest BCUT2D eigenvalue weighted by molar-refractivity contribution is 0.0665. The molecule has 0 atom stereocenters. The summed E-state index contributed by atoms with van der Waals surface area (Å²) in [4.78, 5) is 10.8.